The Kier molecular flexibility index (Phi) is 9.22. The van der Waals surface area contributed by atoms with Gasteiger partial charge in [-0.05, 0) is 91.3 Å². The summed E-state index contributed by atoms with van der Waals surface area (Å²) in [5, 5.41) is 16.1. The molecule has 10 nitrogen and oxygen atoms in total. The molecule has 3 heterocycles. The van der Waals surface area contributed by atoms with Gasteiger partial charge in [-0.3, -0.25) is 9.79 Å². The molecule has 2 aliphatic heterocycles. The molecule has 0 aromatic carbocycles. The van der Waals surface area contributed by atoms with E-state index in [0.717, 1.165) is 63.3 Å². The van der Waals surface area contributed by atoms with Crippen molar-refractivity contribution in [2.24, 2.45) is 73.3 Å². The molecule has 0 unspecified atom stereocenters. The summed E-state index contributed by atoms with van der Waals surface area (Å²) in [6.45, 7) is 26.1. The van der Waals surface area contributed by atoms with Crippen molar-refractivity contribution in [3.8, 4) is 0 Å². The summed E-state index contributed by atoms with van der Waals surface area (Å²) >= 11 is 0. The summed E-state index contributed by atoms with van der Waals surface area (Å²) in [4.78, 5) is 25.4. The monoisotopic (exact) mass is 721 g/mol. The third-order valence-corrected chi connectivity index (χ3v) is 17.1. The van der Waals surface area contributed by atoms with Gasteiger partial charge in [0.15, 0.2) is 11.7 Å². The van der Waals surface area contributed by atoms with Gasteiger partial charge >= 0.3 is 5.97 Å². The van der Waals surface area contributed by atoms with Crippen LogP contribution in [0.3, 0.4) is 0 Å². The van der Waals surface area contributed by atoms with E-state index in [1.165, 1.54) is 5.57 Å². The van der Waals surface area contributed by atoms with Crippen LogP contribution in [0.25, 0.3) is 0 Å². The van der Waals surface area contributed by atoms with Gasteiger partial charge in [0.25, 0.3) is 0 Å². The Hall–Kier alpha value is -2.30. The van der Waals surface area contributed by atoms with Crippen LogP contribution in [0.2, 0.25) is 0 Å². The molecule has 7 rings (SSSR count). The van der Waals surface area contributed by atoms with E-state index in [0.29, 0.717) is 43.5 Å². The lowest BCUT2D eigenvalue weighted by Gasteiger charge is -2.71. The molecule has 4 fully saturated rings. The smallest absolute Gasteiger partial charge is 0.307 e. The van der Waals surface area contributed by atoms with Gasteiger partial charge in [0, 0.05) is 30.0 Å². The molecule has 12 atom stereocenters. The summed E-state index contributed by atoms with van der Waals surface area (Å²) in [6.07, 6.45) is 9.74. The number of aliphatic imine (C=N–C) groups is 1. The molecule has 10 heteroatoms. The first-order valence-electron chi connectivity index (χ1n) is 20.4. The summed E-state index contributed by atoms with van der Waals surface area (Å²) in [7, 11) is 2.08. The van der Waals surface area contributed by atoms with Gasteiger partial charge < -0.3 is 25.2 Å². The minimum Gasteiger partial charge on any atom is -0.481 e. The number of nitrogens with two attached hydrogens (primary N) is 1. The Morgan fingerprint density at radius 2 is 1.85 bits per heavy atom. The molecule has 3 N–H and O–H groups in total. The largest absolute Gasteiger partial charge is 0.481 e. The van der Waals surface area contributed by atoms with Crippen molar-refractivity contribution in [3.05, 3.63) is 23.8 Å². The first-order chi connectivity index (χ1) is 24.3. The maximum absolute atomic E-state index is 13.6. The molecule has 2 bridgehead atoms. The number of carboxylic acids is 1. The van der Waals surface area contributed by atoms with E-state index in [1.807, 2.05) is 0 Å². The van der Waals surface area contributed by atoms with Crippen molar-refractivity contribution >= 4 is 11.8 Å². The third-order valence-electron chi connectivity index (χ3n) is 17.1. The first-order valence-corrected chi connectivity index (χ1v) is 20.4. The van der Waals surface area contributed by atoms with Crippen LogP contribution in [-0.2, 0) is 14.3 Å². The van der Waals surface area contributed by atoms with Gasteiger partial charge in [-0.2, -0.15) is 5.10 Å². The summed E-state index contributed by atoms with van der Waals surface area (Å²) in [5.41, 5.74) is 6.62. The highest BCUT2D eigenvalue weighted by Gasteiger charge is 2.72. The molecule has 3 saturated carbocycles. The minimum absolute atomic E-state index is 0.101. The molecular formula is C42H68N6O4. The summed E-state index contributed by atoms with van der Waals surface area (Å²) < 4.78 is 16.1. The second-order valence-electron chi connectivity index (χ2n) is 20.2. The predicted molar refractivity (Wildman–Crippen MR) is 204 cm³/mol. The number of fused-ring (bicyclic) bond motifs is 3. The van der Waals surface area contributed by atoms with E-state index >= 15 is 0 Å². The lowest BCUT2D eigenvalue weighted by Crippen LogP contribution is -2.69. The zero-order valence-electron chi connectivity index (χ0n) is 34.0. The van der Waals surface area contributed by atoms with Crippen LogP contribution in [0, 0.1) is 62.6 Å². The molecule has 52 heavy (non-hydrogen) atoms. The fraction of sp³-hybridized carbons (Fsp3) is 0.857. The molecule has 1 aromatic heterocycles. The van der Waals surface area contributed by atoms with Crippen molar-refractivity contribution < 1.29 is 19.4 Å². The SMILES string of the molecule is CC(C)[C@@H](C)[C@@]1(C)CC[C@]2(C)[C@H]3CC[C@@H]4[C@@]5(COC[C@@]4(C)[C@@H](OC[C@](C)(N)C(C)C)[C@H](n4ncnc4C4=NCCN4C)C5)C3=CC[C@@]2(C)[C@@H]1C(=O)O. The number of allylic oxidation sites excluding steroid dienone is 1. The van der Waals surface area contributed by atoms with Crippen molar-refractivity contribution in [2.75, 3.05) is 40.0 Å². The quantitative estimate of drug-likeness (QED) is 0.265. The van der Waals surface area contributed by atoms with Gasteiger partial charge in [0.2, 0.25) is 0 Å². The lowest BCUT2D eigenvalue weighted by atomic mass is 9.34. The van der Waals surface area contributed by atoms with Crippen LogP contribution in [0.5, 0.6) is 0 Å². The number of nitrogens with zero attached hydrogens (tertiary/aromatic N) is 5. The highest BCUT2D eigenvalue weighted by Crippen LogP contribution is 2.75. The molecule has 4 aliphatic carbocycles. The molecule has 290 valence electrons. The maximum Gasteiger partial charge on any atom is 0.307 e. The molecule has 1 saturated heterocycles. The van der Waals surface area contributed by atoms with Crippen LogP contribution >= 0.6 is 0 Å². The number of rotatable bonds is 9. The van der Waals surface area contributed by atoms with Crippen LogP contribution in [-0.4, -0.2) is 88.2 Å². The van der Waals surface area contributed by atoms with E-state index in [-0.39, 0.29) is 45.1 Å². The molecule has 6 aliphatic rings. The molecule has 0 amide bonds. The van der Waals surface area contributed by atoms with Gasteiger partial charge in [-0.25, -0.2) is 9.67 Å². The van der Waals surface area contributed by atoms with Crippen LogP contribution in [0.4, 0.5) is 0 Å². The normalized spacial score (nSPS) is 43.3. The Balaban J connectivity index is 1.35. The third kappa shape index (κ3) is 5.18. The van der Waals surface area contributed by atoms with Gasteiger partial charge in [-0.1, -0.05) is 74.0 Å². The van der Waals surface area contributed by atoms with E-state index < -0.39 is 17.4 Å². The number of amidine groups is 1. The Morgan fingerprint density at radius 3 is 2.48 bits per heavy atom. The van der Waals surface area contributed by atoms with Crippen molar-refractivity contribution in [1.29, 1.82) is 0 Å². The zero-order chi connectivity index (χ0) is 37.8. The van der Waals surface area contributed by atoms with Crippen molar-refractivity contribution in [2.45, 2.75) is 125 Å². The Labute approximate surface area is 312 Å². The van der Waals surface area contributed by atoms with Crippen molar-refractivity contribution in [3.63, 3.8) is 0 Å². The number of ether oxygens (including phenoxy) is 2. The lowest BCUT2D eigenvalue weighted by molar-refractivity contribution is -0.252. The zero-order valence-corrected chi connectivity index (χ0v) is 34.0. The number of carbonyl (C=O) groups is 1. The maximum atomic E-state index is 13.6. The number of hydrogen-bond acceptors (Lipinski definition) is 8. The predicted octanol–water partition coefficient (Wildman–Crippen LogP) is 6.86. The Morgan fingerprint density at radius 1 is 1.12 bits per heavy atom. The van der Waals surface area contributed by atoms with Crippen LogP contribution < -0.4 is 5.73 Å². The molecule has 0 radical (unpaired) electrons. The number of likely N-dealkylation sites (N-methyl/N-ethyl adjacent to an activating group) is 1. The number of aliphatic carboxylic acids is 1. The van der Waals surface area contributed by atoms with Gasteiger partial charge in [0.05, 0.1) is 44.4 Å². The average Bonchev–Trinajstić information content (AvgIpc) is 3.72. The highest BCUT2D eigenvalue weighted by molar-refractivity contribution is 5.96. The molecular weight excluding hydrogens is 652 g/mol. The number of aromatic nitrogens is 3. The van der Waals surface area contributed by atoms with E-state index in [4.69, 9.17) is 30.3 Å². The number of hydrogen-bond donors (Lipinski definition) is 2. The standard InChI is InChI=1S/C42H68N6O4/c1-25(2)27(5)37(6)16-17-39(8)28-12-13-31-38(7)21-51-23-42(31,29(28)14-15-40(39,9)32(37)36(49)50)20-30(33(38)52-22-41(10,43)26(3)4)48-35(45-24-46-48)34-44-18-19-47(34)11/h14,24-28,30-33H,12-13,15-23,43H2,1-11H3,(H,49,50)/t27-,28+,30-,31+,32-,33+,37-,38-,39-,40+,41+,42+/m1/s1. The topological polar surface area (TPSA) is 128 Å². The van der Waals surface area contributed by atoms with Crippen LogP contribution in [0.1, 0.15) is 120 Å². The second-order valence-corrected chi connectivity index (χ2v) is 20.2. The summed E-state index contributed by atoms with van der Waals surface area (Å²) in [6, 6.07) is -0.101. The van der Waals surface area contributed by atoms with E-state index in [2.05, 4.69) is 91.9 Å². The fourth-order valence-corrected chi connectivity index (χ4v) is 13.0. The van der Waals surface area contributed by atoms with Gasteiger partial charge in [0.1, 0.15) is 6.33 Å². The van der Waals surface area contributed by atoms with E-state index in [9.17, 15) is 9.90 Å². The van der Waals surface area contributed by atoms with E-state index in [1.54, 1.807) is 6.33 Å². The number of carboxylic acid groups (broad SMARTS) is 1. The summed E-state index contributed by atoms with van der Waals surface area (Å²) in [5.74, 6) is 2.28. The minimum atomic E-state index is -0.620. The molecule has 0 spiro atoms. The first kappa shape index (κ1) is 38.0. The van der Waals surface area contributed by atoms with Crippen molar-refractivity contribution in [1.82, 2.24) is 19.7 Å². The highest BCUT2D eigenvalue weighted by atomic mass is 16.5. The second kappa shape index (κ2) is 12.6. The van der Waals surface area contributed by atoms with Gasteiger partial charge in [-0.15, -0.1) is 0 Å². The fourth-order valence-electron chi connectivity index (χ4n) is 13.0. The average molecular weight is 721 g/mol. The Bertz CT molecular complexity index is 1620. The molecule has 1 aromatic rings. The van der Waals surface area contributed by atoms with Crippen LogP contribution in [0.15, 0.2) is 23.0 Å².